The van der Waals surface area contributed by atoms with Crippen LogP contribution in [0.5, 0.6) is 0 Å². The number of ether oxygens (including phenoxy) is 1. The van der Waals surface area contributed by atoms with Crippen molar-refractivity contribution in [2.45, 2.75) is 38.3 Å². The second kappa shape index (κ2) is 6.41. The van der Waals surface area contributed by atoms with E-state index in [4.69, 9.17) is 10.6 Å². The minimum Gasteiger partial charge on any atom is -0.377 e. The first-order valence-corrected chi connectivity index (χ1v) is 6.68. The monoisotopic (exact) mass is 270 g/mol. The molecule has 0 amide bonds. The highest BCUT2D eigenvalue weighted by atomic mass is 19.1. The number of nitrogens with one attached hydrogen (secondary N) is 1. The van der Waals surface area contributed by atoms with E-state index in [-0.39, 0.29) is 24.1 Å². The van der Waals surface area contributed by atoms with E-state index in [9.17, 15) is 8.78 Å². The fourth-order valence-electron chi connectivity index (χ4n) is 2.42. The van der Waals surface area contributed by atoms with Gasteiger partial charge in [0.05, 0.1) is 12.1 Å². The highest BCUT2D eigenvalue weighted by Gasteiger charge is 2.37. The van der Waals surface area contributed by atoms with Crippen LogP contribution in [0.3, 0.4) is 0 Å². The molecule has 106 valence electrons. The van der Waals surface area contributed by atoms with E-state index < -0.39 is 11.6 Å². The molecule has 3 nitrogen and oxygen atoms in total. The summed E-state index contributed by atoms with van der Waals surface area (Å²) < 4.78 is 33.0. The van der Waals surface area contributed by atoms with Gasteiger partial charge in [0.25, 0.3) is 0 Å². The number of halogens is 2. The van der Waals surface area contributed by atoms with Crippen molar-refractivity contribution in [1.29, 1.82) is 0 Å². The summed E-state index contributed by atoms with van der Waals surface area (Å²) in [5, 5.41) is 0. The fraction of sp³-hybridized carbons (Fsp3) is 0.571. The Morgan fingerprint density at radius 3 is 2.47 bits per heavy atom. The Kier molecular flexibility index (Phi) is 4.85. The number of hydrogen-bond acceptors (Lipinski definition) is 3. The van der Waals surface area contributed by atoms with Crippen LogP contribution < -0.4 is 11.3 Å². The molecule has 0 aliphatic heterocycles. The topological polar surface area (TPSA) is 47.3 Å². The average molecular weight is 270 g/mol. The van der Waals surface area contributed by atoms with Crippen LogP contribution in [0.1, 0.15) is 25.3 Å². The van der Waals surface area contributed by atoms with Crippen LogP contribution in [0.15, 0.2) is 18.2 Å². The van der Waals surface area contributed by atoms with Gasteiger partial charge in [-0.25, -0.2) is 8.78 Å². The number of hydrazine groups is 1. The largest absolute Gasteiger partial charge is 0.377 e. The molecule has 0 spiro atoms. The molecule has 2 unspecified atom stereocenters. The summed E-state index contributed by atoms with van der Waals surface area (Å²) in [5.41, 5.74) is 2.72. The predicted octanol–water partition coefficient (Wildman–Crippen LogP) is 2.15. The minimum atomic E-state index is -0.536. The predicted molar refractivity (Wildman–Crippen MR) is 69.3 cm³/mol. The Hall–Kier alpha value is -1.04. The highest BCUT2D eigenvalue weighted by molar-refractivity contribution is 5.21. The summed E-state index contributed by atoms with van der Waals surface area (Å²) in [7, 11) is 0. The lowest BCUT2D eigenvalue weighted by Crippen LogP contribution is -2.48. The van der Waals surface area contributed by atoms with E-state index in [1.54, 1.807) is 0 Å². The number of hydrogen-bond donors (Lipinski definition) is 2. The molecule has 3 N–H and O–H groups in total. The van der Waals surface area contributed by atoms with Gasteiger partial charge in [-0.05, 0) is 44.2 Å². The standard InChI is InChI=1S/C14H20F2N2O/c1-2-19-14(9-6-7-9)13(18-17)8-10-11(15)4-3-5-12(10)16/h3-5,9,13-14,18H,2,6-8,17H2,1H3. The SMILES string of the molecule is CCOC(C1CC1)C(Cc1c(F)cccc1F)NN. The first kappa shape index (κ1) is 14.4. The minimum absolute atomic E-state index is 0.0656. The van der Waals surface area contributed by atoms with E-state index in [0.717, 1.165) is 12.8 Å². The van der Waals surface area contributed by atoms with Gasteiger partial charge in [0.1, 0.15) is 11.6 Å². The summed E-state index contributed by atoms with van der Waals surface area (Å²) >= 11 is 0. The summed E-state index contributed by atoms with van der Waals surface area (Å²) in [6.07, 6.45) is 2.27. The second-order valence-electron chi connectivity index (χ2n) is 4.93. The van der Waals surface area contributed by atoms with Crippen LogP contribution in [0, 0.1) is 17.6 Å². The third kappa shape index (κ3) is 3.49. The lowest BCUT2D eigenvalue weighted by molar-refractivity contribution is 0.0188. The molecule has 1 fully saturated rings. The fourth-order valence-corrected chi connectivity index (χ4v) is 2.42. The van der Waals surface area contributed by atoms with Gasteiger partial charge in [-0.1, -0.05) is 6.07 Å². The zero-order chi connectivity index (χ0) is 13.8. The van der Waals surface area contributed by atoms with Crippen molar-refractivity contribution >= 4 is 0 Å². The Labute approximate surface area is 112 Å². The average Bonchev–Trinajstić information content (AvgIpc) is 3.21. The van der Waals surface area contributed by atoms with E-state index in [1.165, 1.54) is 18.2 Å². The molecular formula is C14H20F2N2O. The van der Waals surface area contributed by atoms with Crippen molar-refractivity contribution < 1.29 is 13.5 Å². The van der Waals surface area contributed by atoms with Gasteiger partial charge in [0.15, 0.2) is 0 Å². The van der Waals surface area contributed by atoms with Crippen LogP contribution >= 0.6 is 0 Å². The van der Waals surface area contributed by atoms with E-state index in [0.29, 0.717) is 12.5 Å². The van der Waals surface area contributed by atoms with E-state index in [1.807, 2.05) is 6.92 Å². The molecule has 1 saturated carbocycles. The van der Waals surface area contributed by atoms with Crippen LogP contribution in [0.25, 0.3) is 0 Å². The third-order valence-corrected chi connectivity index (χ3v) is 3.54. The molecule has 2 rings (SSSR count). The Bertz CT molecular complexity index is 404. The Balaban J connectivity index is 2.13. The molecule has 0 bridgehead atoms. The molecule has 1 aliphatic rings. The molecular weight excluding hydrogens is 250 g/mol. The first-order valence-electron chi connectivity index (χ1n) is 6.68. The number of benzene rings is 1. The van der Waals surface area contributed by atoms with Crippen molar-refractivity contribution in [3.8, 4) is 0 Å². The quantitative estimate of drug-likeness (QED) is 0.589. The van der Waals surface area contributed by atoms with E-state index >= 15 is 0 Å². The maximum absolute atomic E-state index is 13.7. The van der Waals surface area contributed by atoms with Crippen LogP contribution in [-0.4, -0.2) is 18.8 Å². The summed E-state index contributed by atoms with van der Waals surface area (Å²) in [4.78, 5) is 0. The van der Waals surface area contributed by atoms with Gasteiger partial charge in [-0.2, -0.15) is 0 Å². The molecule has 0 radical (unpaired) electrons. The molecule has 19 heavy (non-hydrogen) atoms. The van der Waals surface area contributed by atoms with Gasteiger partial charge in [-0.3, -0.25) is 11.3 Å². The molecule has 1 aromatic rings. The van der Waals surface area contributed by atoms with Crippen LogP contribution in [0.2, 0.25) is 0 Å². The zero-order valence-electron chi connectivity index (χ0n) is 11.0. The lowest BCUT2D eigenvalue weighted by atomic mass is 9.98. The maximum atomic E-state index is 13.7. The maximum Gasteiger partial charge on any atom is 0.129 e. The highest BCUT2D eigenvalue weighted by Crippen LogP contribution is 2.36. The summed E-state index contributed by atoms with van der Waals surface area (Å²) in [6.45, 7) is 2.48. The molecule has 5 heteroatoms. The van der Waals surface area contributed by atoms with Crippen LogP contribution in [0.4, 0.5) is 8.78 Å². The van der Waals surface area contributed by atoms with Crippen molar-refractivity contribution in [3.63, 3.8) is 0 Å². The summed E-state index contributed by atoms with van der Waals surface area (Å²) in [5.74, 6) is 4.91. The summed E-state index contributed by atoms with van der Waals surface area (Å²) in [6, 6.07) is 3.61. The van der Waals surface area contributed by atoms with Crippen molar-refractivity contribution in [2.75, 3.05) is 6.61 Å². The second-order valence-corrected chi connectivity index (χ2v) is 4.93. The smallest absolute Gasteiger partial charge is 0.129 e. The van der Waals surface area contributed by atoms with Gasteiger partial charge >= 0.3 is 0 Å². The van der Waals surface area contributed by atoms with Gasteiger partial charge < -0.3 is 4.74 Å². The number of rotatable bonds is 7. The van der Waals surface area contributed by atoms with Gasteiger partial charge in [0, 0.05) is 12.2 Å². The normalized spacial score (nSPS) is 18.3. The lowest BCUT2D eigenvalue weighted by Gasteiger charge is -2.26. The molecule has 2 atom stereocenters. The molecule has 0 heterocycles. The Morgan fingerprint density at radius 1 is 1.37 bits per heavy atom. The molecule has 0 saturated heterocycles. The third-order valence-electron chi connectivity index (χ3n) is 3.54. The van der Waals surface area contributed by atoms with E-state index in [2.05, 4.69) is 5.43 Å². The van der Waals surface area contributed by atoms with Gasteiger partial charge in [-0.15, -0.1) is 0 Å². The van der Waals surface area contributed by atoms with Crippen molar-refractivity contribution in [1.82, 2.24) is 5.43 Å². The first-order chi connectivity index (χ1) is 9.17. The van der Waals surface area contributed by atoms with Crippen molar-refractivity contribution in [2.24, 2.45) is 11.8 Å². The molecule has 0 aromatic heterocycles. The van der Waals surface area contributed by atoms with Crippen molar-refractivity contribution in [3.05, 3.63) is 35.4 Å². The molecule has 1 aliphatic carbocycles. The zero-order valence-corrected chi connectivity index (χ0v) is 11.0. The molecule has 1 aromatic carbocycles. The Morgan fingerprint density at radius 2 is 2.00 bits per heavy atom. The number of nitrogens with two attached hydrogens (primary N) is 1. The van der Waals surface area contributed by atoms with Gasteiger partial charge in [0.2, 0.25) is 0 Å². The van der Waals surface area contributed by atoms with Crippen LogP contribution in [-0.2, 0) is 11.2 Å².